The number of amides is 1. The average Bonchev–Trinajstić information content (AvgIpc) is 3.47. The Morgan fingerprint density at radius 2 is 2.16 bits per heavy atom. The minimum atomic E-state index is -1.44. The van der Waals surface area contributed by atoms with Gasteiger partial charge in [0, 0.05) is 36.8 Å². The standard InChI is InChI=1S/C26H29FN6O3S/c1-16-10-18(4-5-19(16)22-15-37-17(2)30-22)12-32-9-7-26(6-8-28,23(27)14-32)33-13-20(25(29)35)21(31-33)11-24(34)36-3/h4-5,10,13,15,23H,6-7,9,11-12,14H2,1-3H3,(H2,29,35). The van der Waals surface area contributed by atoms with Crippen LogP contribution in [-0.2, 0) is 28.0 Å². The van der Waals surface area contributed by atoms with E-state index in [2.05, 4.69) is 27.0 Å². The molecule has 0 saturated carbocycles. The van der Waals surface area contributed by atoms with E-state index in [4.69, 9.17) is 5.73 Å². The van der Waals surface area contributed by atoms with Crippen molar-refractivity contribution in [1.29, 1.82) is 5.26 Å². The van der Waals surface area contributed by atoms with Crippen molar-refractivity contribution in [3.63, 3.8) is 0 Å². The van der Waals surface area contributed by atoms with Crippen molar-refractivity contribution in [1.82, 2.24) is 19.7 Å². The van der Waals surface area contributed by atoms with Crippen LogP contribution in [0, 0.1) is 25.2 Å². The Morgan fingerprint density at radius 3 is 2.76 bits per heavy atom. The van der Waals surface area contributed by atoms with Crippen LogP contribution in [-0.4, -0.2) is 57.9 Å². The Balaban J connectivity index is 1.54. The lowest BCUT2D eigenvalue weighted by molar-refractivity contribution is -0.139. The van der Waals surface area contributed by atoms with Crippen LogP contribution >= 0.6 is 11.3 Å². The van der Waals surface area contributed by atoms with E-state index in [9.17, 15) is 14.9 Å². The van der Waals surface area contributed by atoms with Gasteiger partial charge in [-0.25, -0.2) is 9.37 Å². The molecule has 11 heteroatoms. The fourth-order valence-electron chi connectivity index (χ4n) is 4.85. The van der Waals surface area contributed by atoms with Gasteiger partial charge in [-0.3, -0.25) is 19.2 Å². The quantitative estimate of drug-likeness (QED) is 0.448. The normalized spacial score (nSPS) is 19.9. The number of nitrogens with two attached hydrogens (primary N) is 1. The van der Waals surface area contributed by atoms with E-state index in [1.54, 1.807) is 11.3 Å². The van der Waals surface area contributed by atoms with Crippen LogP contribution in [0.3, 0.4) is 0 Å². The molecule has 1 aliphatic heterocycles. The topological polar surface area (TPSA) is 127 Å². The predicted octanol–water partition coefficient (Wildman–Crippen LogP) is 3.29. The molecule has 3 aromatic rings. The van der Waals surface area contributed by atoms with Crippen LogP contribution in [0.25, 0.3) is 11.3 Å². The van der Waals surface area contributed by atoms with Gasteiger partial charge in [0.2, 0.25) is 0 Å². The number of carbonyl (C=O) groups is 2. The van der Waals surface area contributed by atoms with E-state index in [1.807, 2.05) is 36.3 Å². The smallest absolute Gasteiger partial charge is 0.311 e. The number of thiazole rings is 1. The molecule has 37 heavy (non-hydrogen) atoms. The molecule has 0 spiro atoms. The fourth-order valence-corrected chi connectivity index (χ4v) is 5.47. The number of hydrogen-bond donors (Lipinski definition) is 1. The number of likely N-dealkylation sites (tertiary alicyclic amines) is 1. The van der Waals surface area contributed by atoms with E-state index >= 15 is 4.39 Å². The third-order valence-electron chi connectivity index (χ3n) is 6.89. The number of rotatable bonds is 8. The maximum Gasteiger partial charge on any atom is 0.311 e. The summed E-state index contributed by atoms with van der Waals surface area (Å²) in [5, 5.41) is 16.9. The highest BCUT2D eigenvalue weighted by Crippen LogP contribution is 2.37. The Morgan fingerprint density at radius 1 is 1.38 bits per heavy atom. The summed E-state index contributed by atoms with van der Waals surface area (Å²) in [4.78, 5) is 30.3. The first-order valence-electron chi connectivity index (χ1n) is 11.9. The van der Waals surface area contributed by atoms with Crippen molar-refractivity contribution in [2.75, 3.05) is 20.2 Å². The second-order valence-electron chi connectivity index (χ2n) is 9.34. The maximum absolute atomic E-state index is 15.9. The lowest BCUT2D eigenvalue weighted by Crippen LogP contribution is -2.54. The van der Waals surface area contributed by atoms with E-state index in [-0.39, 0.29) is 30.6 Å². The number of esters is 1. The van der Waals surface area contributed by atoms with Crippen molar-refractivity contribution < 1.29 is 18.7 Å². The number of primary amides is 1. The van der Waals surface area contributed by atoms with Crippen LogP contribution in [0.15, 0.2) is 29.8 Å². The van der Waals surface area contributed by atoms with E-state index in [0.29, 0.717) is 19.5 Å². The third-order valence-corrected chi connectivity index (χ3v) is 7.67. The second kappa shape index (κ2) is 10.8. The highest BCUT2D eigenvalue weighted by atomic mass is 32.1. The summed E-state index contributed by atoms with van der Waals surface area (Å²) in [5.74, 6) is -1.38. The van der Waals surface area contributed by atoms with Crippen molar-refractivity contribution in [2.24, 2.45) is 5.73 Å². The molecule has 1 aromatic carbocycles. The number of aryl methyl sites for hydroxylation is 2. The van der Waals surface area contributed by atoms with Gasteiger partial charge in [-0.1, -0.05) is 18.2 Å². The first-order chi connectivity index (χ1) is 17.7. The monoisotopic (exact) mass is 524 g/mol. The van der Waals surface area contributed by atoms with Gasteiger partial charge in [-0.2, -0.15) is 10.4 Å². The van der Waals surface area contributed by atoms with E-state index < -0.39 is 23.6 Å². The molecular weight excluding hydrogens is 495 g/mol. The van der Waals surface area contributed by atoms with Crippen LogP contribution in [0.5, 0.6) is 0 Å². The van der Waals surface area contributed by atoms with Crippen molar-refractivity contribution in [3.8, 4) is 17.3 Å². The molecule has 0 bridgehead atoms. The van der Waals surface area contributed by atoms with Gasteiger partial charge in [-0.05, 0) is 31.4 Å². The zero-order chi connectivity index (χ0) is 26.7. The van der Waals surface area contributed by atoms with Gasteiger partial charge in [0.15, 0.2) is 0 Å². The maximum atomic E-state index is 15.9. The molecule has 0 radical (unpaired) electrons. The molecule has 194 valence electrons. The van der Waals surface area contributed by atoms with E-state index in [1.165, 1.54) is 18.0 Å². The van der Waals surface area contributed by atoms with Crippen LogP contribution in [0.1, 0.15) is 45.0 Å². The predicted molar refractivity (Wildman–Crippen MR) is 136 cm³/mol. The summed E-state index contributed by atoms with van der Waals surface area (Å²) in [7, 11) is 1.22. The number of hydrogen-bond acceptors (Lipinski definition) is 8. The summed E-state index contributed by atoms with van der Waals surface area (Å²) in [6, 6.07) is 8.26. The van der Waals surface area contributed by atoms with Crippen molar-refractivity contribution >= 4 is 23.2 Å². The van der Waals surface area contributed by atoms with Crippen molar-refractivity contribution in [3.05, 3.63) is 57.2 Å². The van der Waals surface area contributed by atoms with Gasteiger partial charge in [0.05, 0.1) is 48.0 Å². The molecule has 1 amide bonds. The molecule has 3 heterocycles. The lowest BCUT2D eigenvalue weighted by Gasteiger charge is -2.43. The molecule has 9 nitrogen and oxygen atoms in total. The first-order valence-corrected chi connectivity index (χ1v) is 12.8. The number of carbonyl (C=O) groups excluding carboxylic acids is 2. The SMILES string of the molecule is COC(=O)Cc1nn(C2(CC#N)CCN(Cc3ccc(-c4csc(C)n4)c(C)c3)CC2F)cc1C(N)=O. The molecular formula is C26H29FN6O3S. The average molecular weight is 525 g/mol. The summed E-state index contributed by atoms with van der Waals surface area (Å²) in [5.41, 5.74) is 8.53. The van der Waals surface area contributed by atoms with Gasteiger partial charge in [0.1, 0.15) is 11.7 Å². The van der Waals surface area contributed by atoms with Crippen molar-refractivity contribution in [2.45, 2.75) is 51.4 Å². The number of benzene rings is 1. The molecule has 2 N–H and O–H groups in total. The Bertz CT molecular complexity index is 1360. The number of alkyl halides is 1. The summed E-state index contributed by atoms with van der Waals surface area (Å²) in [6.45, 7) is 5.18. The molecule has 2 unspecified atom stereocenters. The van der Waals surface area contributed by atoms with Crippen LogP contribution < -0.4 is 5.73 Å². The van der Waals surface area contributed by atoms with Gasteiger partial charge >= 0.3 is 5.97 Å². The summed E-state index contributed by atoms with van der Waals surface area (Å²) >= 11 is 1.61. The Labute approximate surface area is 218 Å². The fraction of sp³-hybridized carbons (Fsp3) is 0.423. The largest absolute Gasteiger partial charge is 0.469 e. The zero-order valence-electron chi connectivity index (χ0n) is 21.0. The third kappa shape index (κ3) is 5.40. The molecule has 1 fully saturated rings. The van der Waals surface area contributed by atoms with Crippen LogP contribution in [0.2, 0.25) is 0 Å². The summed E-state index contributed by atoms with van der Waals surface area (Å²) < 4.78 is 21.9. The minimum absolute atomic E-state index is 0.0169. The minimum Gasteiger partial charge on any atom is -0.469 e. The number of halogens is 1. The molecule has 2 atom stereocenters. The molecule has 1 saturated heterocycles. The van der Waals surface area contributed by atoms with Crippen LogP contribution in [0.4, 0.5) is 4.39 Å². The van der Waals surface area contributed by atoms with Gasteiger partial charge < -0.3 is 10.5 Å². The van der Waals surface area contributed by atoms with E-state index in [0.717, 1.165) is 27.4 Å². The molecule has 4 rings (SSSR count). The number of piperidine rings is 1. The summed E-state index contributed by atoms with van der Waals surface area (Å²) in [6.07, 6.45) is -0.202. The highest BCUT2D eigenvalue weighted by Gasteiger charge is 2.46. The number of methoxy groups -OCH3 is 1. The second-order valence-corrected chi connectivity index (χ2v) is 10.4. The first kappa shape index (κ1) is 26.4. The molecule has 1 aliphatic rings. The number of ether oxygens (including phenoxy) is 1. The van der Waals surface area contributed by atoms with Gasteiger partial charge in [-0.15, -0.1) is 11.3 Å². The molecule has 0 aliphatic carbocycles. The number of nitriles is 1. The lowest BCUT2D eigenvalue weighted by atomic mass is 9.83. The van der Waals surface area contributed by atoms with Gasteiger partial charge in [0.25, 0.3) is 5.91 Å². The number of nitrogens with zero attached hydrogens (tertiary/aromatic N) is 5. The highest BCUT2D eigenvalue weighted by molar-refractivity contribution is 7.09. The Kier molecular flexibility index (Phi) is 7.71. The Hall–Kier alpha value is -3.62. The zero-order valence-corrected chi connectivity index (χ0v) is 21.8. The molecule has 2 aromatic heterocycles. The number of aromatic nitrogens is 3.